The Morgan fingerprint density at radius 3 is 2.86 bits per heavy atom. The van der Waals surface area contributed by atoms with Crippen LogP contribution in [0.15, 0.2) is 12.3 Å². The van der Waals surface area contributed by atoms with Crippen LogP contribution in [0, 0.1) is 0 Å². The van der Waals surface area contributed by atoms with Crippen molar-refractivity contribution in [3.8, 4) is 5.88 Å². The van der Waals surface area contributed by atoms with Gasteiger partial charge in [-0.3, -0.25) is 4.79 Å². The first kappa shape index (κ1) is 16.0. The third kappa shape index (κ3) is 3.86. The summed E-state index contributed by atoms with van der Waals surface area (Å²) >= 11 is 6.14. The van der Waals surface area contributed by atoms with Crippen molar-refractivity contribution in [3.63, 3.8) is 0 Å². The standard InChI is InChI=1S/C15H21ClN2O3/c1-9(2)21-14-13(16)5-12(6-17-14)15(19)18-7-11(4)20-8-10(18)3/h5-6,9-11H,7-8H2,1-4H3. The highest BCUT2D eigenvalue weighted by molar-refractivity contribution is 6.32. The van der Waals surface area contributed by atoms with Gasteiger partial charge in [0.25, 0.3) is 5.91 Å². The van der Waals surface area contributed by atoms with E-state index in [2.05, 4.69) is 4.98 Å². The van der Waals surface area contributed by atoms with E-state index in [0.717, 1.165) is 0 Å². The Bertz CT molecular complexity index is 522. The second-order valence-corrected chi connectivity index (χ2v) is 6.04. The lowest BCUT2D eigenvalue weighted by atomic mass is 10.1. The number of morpholine rings is 1. The van der Waals surface area contributed by atoms with E-state index < -0.39 is 0 Å². The summed E-state index contributed by atoms with van der Waals surface area (Å²) in [7, 11) is 0. The van der Waals surface area contributed by atoms with Crippen LogP contribution in [0.25, 0.3) is 0 Å². The van der Waals surface area contributed by atoms with Gasteiger partial charge in [-0.25, -0.2) is 4.98 Å². The van der Waals surface area contributed by atoms with Gasteiger partial charge >= 0.3 is 0 Å². The number of hydrogen-bond donors (Lipinski definition) is 0. The highest BCUT2D eigenvalue weighted by atomic mass is 35.5. The first-order valence-electron chi connectivity index (χ1n) is 7.13. The van der Waals surface area contributed by atoms with E-state index in [4.69, 9.17) is 21.1 Å². The number of carbonyl (C=O) groups is 1. The molecule has 21 heavy (non-hydrogen) atoms. The lowest BCUT2D eigenvalue weighted by molar-refractivity contribution is -0.0387. The Balaban J connectivity index is 2.17. The Morgan fingerprint density at radius 2 is 2.24 bits per heavy atom. The maximum Gasteiger partial charge on any atom is 0.255 e. The number of ether oxygens (including phenoxy) is 2. The van der Waals surface area contributed by atoms with Gasteiger partial charge < -0.3 is 14.4 Å². The molecule has 5 nitrogen and oxygen atoms in total. The molecule has 0 aliphatic carbocycles. The molecule has 2 unspecified atom stereocenters. The monoisotopic (exact) mass is 312 g/mol. The molecule has 2 heterocycles. The van der Waals surface area contributed by atoms with Crippen LogP contribution < -0.4 is 4.74 Å². The predicted molar refractivity (Wildman–Crippen MR) is 80.9 cm³/mol. The average molecular weight is 313 g/mol. The summed E-state index contributed by atoms with van der Waals surface area (Å²) in [5, 5.41) is 0.350. The number of aromatic nitrogens is 1. The second-order valence-electron chi connectivity index (χ2n) is 5.63. The van der Waals surface area contributed by atoms with Crippen molar-refractivity contribution < 1.29 is 14.3 Å². The first-order valence-corrected chi connectivity index (χ1v) is 7.51. The molecule has 0 aromatic carbocycles. The lowest BCUT2D eigenvalue weighted by Gasteiger charge is -2.36. The molecule has 0 bridgehead atoms. The molecule has 1 fully saturated rings. The fourth-order valence-electron chi connectivity index (χ4n) is 2.20. The lowest BCUT2D eigenvalue weighted by Crippen LogP contribution is -2.50. The van der Waals surface area contributed by atoms with E-state index in [-0.39, 0.29) is 24.2 Å². The molecule has 0 N–H and O–H groups in total. The molecule has 1 aliphatic rings. The van der Waals surface area contributed by atoms with Crippen molar-refractivity contribution in [2.45, 2.75) is 45.9 Å². The smallest absolute Gasteiger partial charge is 0.255 e. The Hall–Kier alpha value is -1.33. The largest absolute Gasteiger partial charge is 0.474 e. The van der Waals surface area contributed by atoms with E-state index in [0.29, 0.717) is 29.6 Å². The summed E-state index contributed by atoms with van der Waals surface area (Å²) < 4.78 is 11.0. The van der Waals surface area contributed by atoms with Crippen molar-refractivity contribution in [1.82, 2.24) is 9.88 Å². The Labute approximate surface area is 130 Å². The van der Waals surface area contributed by atoms with Gasteiger partial charge in [0.1, 0.15) is 5.02 Å². The molecule has 2 atom stereocenters. The van der Waals surface area contributed by atoms with Crippen molar-refractivity contribution in [2.24, 2.45) is 0 Å². The normalized spacial score (nSPS) is 22.5. The van der Waals surface area contributed by atoms with E-state index >= 15 is 0 Å². The maximum absolute atomic E-state index is 12.6. The molecule has 116 valence electrons. The van der Waals surface area contributed by atoms with Gasteiger partial charge in [0.05, 0.1) is 30.4 Å². The molecule has 1 aromatic rings. The van der Waals surface area contributed by atoms with E-state index in [1.165, 1.54) is 6.20 Å². The molecule has 2 rings (SSSR count). The van der Waals surface area contributed by atoms with Gasteiger partial charge in [-0.1, -0.05) is 11.6 Å². The van der Waals surface area contributed by atoms with Gasteiger partial charge in [-0.05, 0) is 33.8 Å². The molecule has 0 spiro atoms. The van der Waals surface area contributed by atoms with Crippen LogP contribution in [0.5, 0.6) is 5.88 Å². The zero-order chi connectivity index (χ0) is 15.6. The minimum absolute atomic E-state index is 0.0170. The van der Waals surface area contributed by atoms with Crippen LogP contribution in [0.4, 0.5) is 0 Å². The van der Waals surface area contributed by atoms with Gasteiger partial charge in [0.15, 0.2) is 0 Å². The van der Waals surface area contributed by atoms with Gasteiger partial charge in [-0.2, -0.15) is 0 Å². The van der Waals surface area contributed by atoms with Crippen molar-refractivity contribution in [2.75, 3.05) is 13.2 Å². The summed E-state index contributed by atoms with van der Waals surface area (Å²) in [5.74, 6) is 0.273. The topological polar surface area (TPSA) is 51.7 Å². The first-order chi connectivity index (χ1) is 9.88. The molecule has 1 aromatic heterocycles. The summed E-state index contributed by atoms with van der Waals surface area (Å²) in [6.07, 6.45) is 1.53. The summed E-state index contributed by atoms with van der Waals surface area (Å²) in [6.45, 7) is 8.83. The highest BCUT2D eigenvalue weighted by Crippen LogP contribution is 2.25. The molecule has 0 radical (unpaired) electrons. The molecule has 1 amide bonds. The summed E-state index contributed by atoms with van der Waals surface area (Å²) in [4.78, 5) is 18.5. The third-order valence-corrected chi connectivity index (χ3v) is 3.54. The van der Waals surface area contributed by atoms with Crippen LogP contribution in [0.1, 0.15) is 38.1 Å². The minimum Gasteiger partial charge on any atom is -0.474 e. The van der Waals surface area contributed by atoms with Crippen LogP contribution in [-0.4, -0.2) is 47.2 Å². The summed E-state index contributed by atoms with van der Waals surface area (Å²) in [5.41, 5.74) is 0.469. The minimum atomic E-state index is -0.0804. The average Bonchev–Trinajstić information content (AvgIpc) is 2.42. The number of nitrogens with zero attached hydrogens (tertiary/aromatic N) is 2. The molecule has 1 aliphatic heterocycles. The maximum atomic E-state index is 12.6. The Kier molecular flexibility index (Phi) is 5.06. The predicted octanol–water partition coefficient (Wildman–Crippen LogP) is 2.77. The third-order valence-electron chi connectivity index (χ3n) is 3.27. The zero-order valence-electron chi connectivity index (χ0n) is 12.8. The fourth-order valence-corrected chi connectivity index (χ4v) is 2.42. The molecule has 0 saturated carbocycles. The number of hydrogen-bond acceptors (Lipinski definition) is 4. The van der Waals surface area contributed by atoms with E-state index in [9.17, 15) is 4.79 Å². The fraction of sp³-hybridized carbons (Fsp3) is 0.600. The van der Waals surface area contributed by atoms with Crippen LogP contribution in [-0.2, 0) is 4.74 Å². The van der Waals surface area contributed by atoms with Crippen LogP contribution in [0.3, 0.4) is 0 Å². The molecule has 1 saturated heterocycles. The quantitative estimate of drug-likeness (QED) is 0.861. The van der Waals surface area contributed by atoms with E-state index in [1.54, 1.807) is 11.0 Å². The Morgan fingerprint density at radius 1 is 1.52 bits per heavy atom. The molecule has 6 heteroatoms. The second kappa shape index (κ2) is 6.62. The molecular weight excluding hydrogens is 292 g/mol. The number of carbonyl (C=O) groups excluding carboxylic acids is 1. The number of amides is 1. The van der Waals surface area contributed by atoms with Gasteiger partial charge in [0.2, 0.25) is 5.88 Å². The number of halogens is 1. The van der Waals surface area contributed by atoms with Crippen LogP contribution in [0.2, 0.25) is 5.02 Å². The van der Waals surface area contributed by atoms with Gasteiger partial charge in [0, 0.05) is 12.7 Å². The summed E-state index contributed by atoms with van der Waals surface area (Å²) in [6, 6.07) is 1.65. The molecular formula is C15H21ClN2O3. The number of pyridine rings is 1. The van der Waals surface area contributed by atoms with E-state index in [1.807, 2.05) is 27.7 Å². The highest BCUT2D eigenvalue weighted by Gasteiger charge is 2.28. The van der Waals surface area contributed by atoms with Crippen LogP contribution >= 0.6 is 11.6 Å². The zero-order valence-corrected chi connectivity index (χ0v) is 13.6. The SMILES string of the molecule is CC(C)Oc1ncc(C(=O)N2CC(C)OCC2C)cc1Cl. The number of rotatable bonds is 3. The van der Waals surface area contributed by atoms with Crippen molar-refractivity contribution >= 4 is 17.5 Å². The van der Waals surface area contributed by atoms with Crippen molar-refractivity contribution in [3.05, 3.63) is 22.8 Å². The van der Waals surface area contributed by atoms with Crippen molar-refractivity contribution in [1.29, 1.82) is 0 Å². The van der Waals surface area contributed by atoms with Gasteiger partial charge in [-0.15, -0.1) is 0 Å².